The Morgan fingerprint density at radius 2 is 1.84 bits per heavy atom. The molecule has 1 atom stereocenters. The molecule has 0 aliphatic carbocycles. The Morgan fingerprint density at radius 1 is 1.19 bits per heavy atom. The third-order valence-corrected chi connectivity index (χ3v) is 5.56. The first-order valence-corrected chi connectivity index (χ1v) is 10.0. The Balaban J connectivity index is 1.51. The van der Waals surface area contributed by atoms with Crippen molar-refractivity contribution in [3.8, 4) is 11.5 Å². The first-order valence-electron chi connectivity index (χ1n) is 9.63. The van der Waals surface area contributed by atoms with Crippen LogP contribution >= 0.6 is 11.6 Å². The number of nitrogens with zero attached hydrogens (tertiary/aromatic N) is 1. The van der Waals surface area contributed by atoms with E-state index in [1.807, 2.05) is 0 Å². The maximum atomic E-state index is 13.3. The second-order valence-corrected chi connectivity index (χ2v) is 7.52. The molecule has 2 N–H and O–H groups in total. The van der Waals surface area contributed by atoms with Crippen molar-refractivity contribution in [1.82, 2.24) is 10.2 Å². The number of carbonyl (C=O) groups excluding carboxylic acids is 3. The van der Waals surface area contributed by atoms with Crippen LogP contribution in [0.1, 0.15) is 18.9 Å². The molecule has 2 aliphatic heterocycles. The third-order valence-electron chi connectivity index (χ3n) is 5.25. The van der Waals surface area contributed by atoms with Crippen LogP contribution < -0.4 is 20.1 Å². The van der Waals surface area contributed by atoms with Gasteiger partial charge in [-0.15, -0.1) is 0 Å². The lowest BCUT2D eigenvalue weighted by atomic mass is 9.87. The molecule has 8 nitrogen and oxygen atoms in total. The number of ether oxygens (including phenoxy) is 2. The standard InChI is InChI=1S/C21H19ClFN3O5/c1-2-21(12-3-5-13(23)6-4-12)19(28)26(20(29)25-21)11-18(27)24-15-10-17-16(9-14(15)22)30-7-8-31-17/h3-6,9-10H,2,7-8,11H2,1H3,(H,24,27)(H,25,29). The minimum Gasteiger partial charge on any atom is -0.486 e. The van der Waals surface area contributed by atoms with Crippen LogP contribution in [0.25, 0.3) is 0 Å². The van der Waals surface area contributed by atoms with E-state index in [1.54, 1.807) is 6.92 Å². The molecule has 0 spiro atoms. The maximum Gasteiger partial charge on any atom is 0.325 e. The molecule has 2 aliphatic rings. The van der Waals surface area contributed by atoms with Crippen molar-refractivity contribution in [2.24, 2.45) is 0 Å². The van der Waals surface area contributed by atoms with E-state index in [0.717, 1.165) is 4.90 Å². The zero-order chi connectivity index (χ0) is 22.2. The number of carbonyl (C=O) groups is 3. The molecule has 1 fully saturated rings. The lowest BCUT2D eigenvalue weighted by Crippen LogP contribution is -2.44. The first-order chi connectivity index (χ1) is 14.8. The first kappa shape index (κ1) is 20.9. The van der Waals surface area contributed by atoms with Gasteiger partial charge < -0.3 is 20.1 Å². The molecular weight excluding hydrogens is 429 g/mol. The van der Waals surface area contributed by atoms with Gasteiger partial charge in [-0.2, -0.15) is 0 Å². The van der Waals surface area contributed by atoms with Gasteiger partial charge in [0.25, 0.3) is 5.91 Å². The van der Waals surface area contributed by atoms with E-state index in [0.29, 0.717) is 30.3 Å². The third kappa shape index (κ3) is 3.76. The average Bonchev–Trinajstić information content (AvgIpc) is 3.00. The summed E-state index contributed by atoms with van der Waals surface area (Å²) in [6, 6.07) is 7.65. The fourth-order valence-corrected chi connectivity index (χ4v) is 3.84. The molecule has 10 heteroatoms. The largest absolute Gasteiger partial charge is 0.486 e. The van der Waals surface area contributed by atoms with E-state index >= 15 is 0 Å². The summed E-state index contributed by atoms with van der Waals surface area (Å²) in [6.07, 6.45) is 0.231. The summed E-state index contributed by atoms with van der Waals surface area (Å²) in [7, 11) is 0. The Morgan fingerprint density at radius 3 is 2.48 bits per heavy atom. The number of benzene rings is 2. The quantitative estimate of drug-likeness (QED) is 0.687. The number of rotatable bonds is 5. The normalized spacial score (nSPS) is 19.9. The summed E-state index contributed by atoms with van der Waals surface area (Å²) in [6.45, 7) is 1.97. The van der Waals surface area contributed by atoms with Crippen molar-refractivity contribution in [1.29, 1.82) is 0 Å². The van der Waals surface area contributed by atoms with Crippen molar-refractivity contribution in [2.75, 3.05) is 25.1 Å². The maximum absolute atomic E-state index is 13.3. The molecule has 31 heavy (non-hydrogen) atoms. The summed E-state index contributed by atoms with van der Waals surface area (Å²) < 4.78 is 24.2. The number of urea groups is 1. The molecule has 4 rings (SSSR count). The number of hydrogen-bond donors (Lipinski definition) is 2. The van der Waals surface area contributed by atoms with Gasteiger partial charge in [-0.25, -0.2) is 9.18 Å². The van der Waals surface area contributed by atoms with Crippen LogP contribution in [0.3, 0.4) is 0 Å². The lowest BCUT2D eigenvalue weighted by molar-refractivity contribution is -0.134. The van der Waals surface area contributed by atoms with E-state index in [2.05, 4.69) is 10.6 Å². The molecule has 2 aromatic carbocycles. The van der Waals surface area contributed by atoms with Crippen LogP contribution in [0.4, 0.5) is 14.9 Å². The van der Waals surface area contributed by atoms with Crippen LogP contribution in [-0.4, -0.2) is 42.5 Å². The molecule has 1 saturated heterocycles. The highest BCUT2D eigenvalue weighted by molar-refractivity contribution is 6.34. The fraction of sp³-hybridized carbons (Fsp3) is 0.286. The predicted molar refractivity (Wildman–Crippen MR) is 110 cm³/mol. The highest BCUT2D eigenvalue weighted by Crippen LogP contribution is 2.38. The molecular formula is C21H19ClFN3O5. The molecule has 2 heterocycles. The van der Waals surface area contributed by atoms with Crippen LogP contribution in [0.5, 0.6) is 11.5 Å². The minimum absolute atomic E-state index is 0.226. The number of hydrogen-bond acceptors (Lipinski definition) is 5. The zero-order valence-electron chi connectivity index (χ0n) is 16.5. The summed E-state index contributed by atoms with van der Waals surface area (Å²) in [5, 5.41) is 5.46. The van der Waals surface area contributed by atoms with Crippen molar-refractivity contribution in [3.63, 3.8) is 0 Å². The van der Waals surface area contributed by atoms with Gasteiger partial charge in [-0.05, 0) is 24.1 Å². The van der Waals surface area contributed by atoms with Crippen LogP contribution in [0, 0.1) is 5.82 Å². The van der Waals surface area contributed by atoms with Gasteiger partial charge in [0.1, 0.15) is 31.1 Å². The Hall–Kier alpha value is -3.33. The monoisotopic (exact) mass is 447 g/mol. The number of imide groups is 1. The molecule has 1 unspecified atom stereocenters. The highest BCUT2D eigenvalue weighted by atomic mass is 35.5. The molecule has 162 valence electrons. The summed E-state index contributed by atoms with van der Waals surface area (Å²) in [4.78, 5) is 39.1. The zero-order valence-corrected chi connectivity index (χ0v) is 17.3. The van der Waals surface area contributed by atoms with Crippen LogP contribution in [0.15, 0.2) is 36.4 Å². The molecule has 0 aromatic heterocycles. The summed E-state index contributed by atoms with van der Waals surface area (Å²) in [5.41, 5.74) is -0.657. The van der Waals surface area contributed by atoms with Crippen molar-refractivity contribution in [3.05, 3.63) is 52.8 Å². The fourth-order valence-electron chi connectivity index (χ4n) is 3.64. The predicted octanol–water partition coefficient (Wildman–Crippen LogP) is 3.05. The van der Waals surface area contributed by atoms with Gasteiger partial charge in [0.15, 0.2) is 11.5 Å². The smallest absolute Gasteiger partial charge is 0.325 e. The second-order valence-electron chi connectivity index (χ2n) is 7.11. The Labute approximate surface area is 182 Å². The van der Waals surface area contributed by atoms with E-state index in [1.165, 1.54) is 36.4 Å². The van der Waals surface area contributed by atoms with E-state index in [9.17, 15) is 18.8 Å². The van der Waals surface area contributed by atoms with Gasteiger partial charge in [-0.3, -0.25) is 14.5 Å². The summed E-state index contributed by atoms with van der Waals surface area (Å²) >= 11 is 6.20. The number of nitrogens with one attached hydrogen (secondary N) is 2. The molecule has 4 amide bonds. The molecule has 2 aromatic rings. The van der Waals surface area contributed by atoms with Gasteiger partial charge in [0.05, 0.1) is 10.7 Å². The topological polar surface area (TPSA) is 97.0 Å². The number of halogens is 2. The lowest BCUT2D eigenvalue weighted by Gasteiger charge is -2.25. The van der Waals surface area contributed by atoms with E-state index < -0.39 is 35.7 Å². The number of fused-ring (bicyclic) bond motifs is 1. The molecule has 0 bridgehead atoms. The average molecular weight is 448 g/mol. The number of anilines is 1. The summed E-state index contributed by atoms with van der Waals surface area (Å²) in [5.74, 6) is -0.764. The Kier molecular flexibility index (Phi) is 5.45. The van der Waals surface area contributed by atoms with Gasteiger partial charge >= 0.3 is 6.03 Å². The van der Waals surface area contributed by atoms with Gasteiger partial charge in [0, 0.05) is 12.1 Å². The van der Waals surface area contributed by atoms with Crippen molar-refractivity contribution >= 4 is 35.1 Å². The van der Waals surface area contributed by atoms with E-state index in [-0.39, 0.29) is 17.1 Å². The molecule has 0 saturated carbocycles. The number of amides is 4. The van der Waals surface area contributed by atoms with Crippen LogP contribution in [-0.2, 0) is 15.1 Å². The minimum atomic E-state index is -1.36. The van der Waals surface area contributed by atoms with Crippen molar-refractivity contribution in [2.45, 2.75) is 18.9 Å². The van der Waals surface area contributed by atoms with Crippen LogP contribution in [0.2, 0.25) is 5.02 Å². The second kappa shape index (κ2) is 8.07. The highest BCUT2D eigenvalue weighted by Gasteiger charge is 2.51. The SMILES string of the molecule is CCC1(c2ccc(F)cc2)NC(=O)N(CC(=O)Nc2cc3c(cc2Cl)OCCO3)C1=O. The van der Waals surface area contributed by atoms with Gasteiger partial charge in [0.2, 0.25) is 5.91 Å². The Bertz CT molecular complexity index is 1060. The van der Waals surface area contributed by atoms with Crippen molar-refractivity contribution < 1.29 is 28.2 Å². The van der Waals surface area contributed by atoms with E-state index in [4.69, 9.17) is 21.1 Å². The van der Waals surface area contributed by atoms with Gasteiger partial charge in [-0.1, -0.05) is 30.7 Å². The molecule has 0 radical (unpaired) electrons.